The summed E-state index contributed by atoms with van der Waals surface area (Å²) in [4.78, 5) is 11.2. The quantitative estimate of drug-likeness (QED) is 0.563. The number of hydrogen-bond acceptors (Lipinski definition) is 2. The van der Waals surface area contributed by atoms with Crippen molar-refractivity contribution in [3.05, 3.63) is 11.6 Å². The average molecular weight is 152 g/mol. The molecule has 0 aromatic heterocycles. The van der Waals surface area contributed by atoms with E-state index in [4.69, 9.17) is 0 Å². The molecule has 2 heteroatoms. The molecule has 60 valence electrons. The number of rotatable bonds is 0. The van der Waals surface area contributed by atoms with Gasteiger partial charge in [-0.25, -0.2) is 0 Å². The van der Waals surface area contributed by atoms with E-state index in [2.05, 4.69) is 0 Å². The monoisotopic (exact) mass is 152 g/mol. The molecule has 0 aromatic carbocycles. The van der Waals surface area contributed by atoms with Gasteiger partial charge in [0.2, 0.25) is 0 Å². The van der Waals surface area contributed by atoms with E-state index in [0.29, 0.717) is 12.3 Å². The Bertz CT molecular complexity index is 218. The van der Waals surface area contributed by atoms with Gasteiger partial charge in [-0.2, -0.15) is 0 Å². The van der Waals surface area contributed by atoms with Crippen LogP contribution >= 0.6 is 0 Å². The highest BCUT2D eigenvalue weighted by molar-refractivity contribution is 6.01. The largest absolute Gasteiger partial charge is 0.385 e. The number of carbonyl (C=O) groups excluding carboxylic acids is 1. The summed E-state index contributed by atoms with van der Waals surface area (Å²) in [5.41, 5.74) is 0.906. The Labute approximate surface area is 65.9 Å². The van der Waals surface area contributed by atoms with Gasteiger partial charge in [-0.15, -0.1) is 0 Å². The van der Waals surface area contributed by atoms with Gasteiger partial charge in [0.15, 0.2) is 5.78 Å². The minimum atomic E-state index is -0.690. The third kappa shape index (κ3) is 1.02. The Hall–Kier alpha value is -0.630. The van der Waals surface area contributed by atoms with Crippen molar-refractivity contribution < 1.29 is 9.90 Å². The van der Waals surface area contributed by atoms with Crippen LogP contribution in [0.3, 0.4) is 0 Å². The Morgan fingerprint density at radius 2 is 2.36 bits per heavy atom. The molecular weight excluding hydrogens is 140 g/mol. The molecule has 2 nitrogen and oxygen atoms in total. The van der Waals surface area contributed by atoms with E-state index in [-0.39, 0.29) is 5.78 Å². The fourth-order valence-corrected chi connectivity index (χ4v) is 2.06. The summed E-state index contributed by atoms with van der Waals surface area (Å²) >= 11 is 0. The third-order valence-corrected chi connectivity index (χ3v) is 2.66. The van der Waals surface area contributed by atoms with E-state index in [1.807, 2.05) is 6.08 Å². The zero-order chi connectivity index (χ0) is 7.84. The number of hydrogen-bond donors (Lipinski definition) is 1. The molecule has 0 heterocycles. The van der Waals surface area contributed by atoms with Crippen LogP contribution in [0.2, 0.25) is 0 Å². The molecule has 2 aliphatic carbocycles. The van der Waals surface area contributed by atoms with Crippen LogP contribution in [0.1, 0.15) is 25.7 Å². The second-order valence-electron chi connectivity index (χ2n) is 3.40. The maximum absolute atomic E-state index is 11.2. The van der Waals surface area contributed by atoms with Crippen molar-refractivity contribution in [2.45, 2.75) is 31.8 Å². The standard InChI is InChI=1S/C9H12O2/c10-8-5-6-3-1-2-4-7(6)9(8)11/h4,6,8,10H,1-3,5H2. The summed E-state index contributed by atoms with van der Waals surface area (Å²) in [6, 6.07) is 0. The first kappa shape index (κ1) is 7.04. The van der Waals surface area contributed by atoms with E-state index >= 15 is 0 Å². The van der Waals surface area contributed by atoms with Gasteiger partial charge in [0.25, 0.3) is 0 Å². The zero-order valence-corrected chi connectivity index (χ0v) is 6.42. The molecule has 0 spiro atoms. The van der Waals surface area contributed by atoms with Gasteiger partial charge in [-0.1, -0.05) is 6.08 Å². The van der Waals surface area contributed by atoms with Gasteiger partial charge in [0.05, 0.1) is 0 Å². The van der Waals surface area contributed by atoms with Crippen LogP contribution in [-0.2, 0) is 4.79 Å². The third-order valence-electron chi connectivity index (χ3n) is 2.66. The SMILES string of the molecule is O=C1C2=CCCCC2CC1O. The van der Waals surface area contributed by atoms with E-state index in [9.17, 15) is 9.90 Å². The lowest BCUT2D eigenvalue weighted by Gasteiger charge is -2.14. The molecule has 0 bridgehead atoms. The van der Waals surface area contributed by atoms with Gasteiger partial charge in [0, 0.05) is 0 Å². The summed E-state index contributed by atoms with van der Waals surface area (Å²) in [7, 11) is 0. The van der Waals surface area contributed by atoms with E-state index in [0.717, 1.165) is 18.4 Å². The van der Waals surface area contributed by atoms with E-state index < -0.39 is 6.10 Å². The minimum absolute atomic E-state index is 0.0188. The number of ketones is 1. The molecule has 0 radical (unpaired) electrons. The summed E-state index contributed by atoms with van der Waals surface area (Å²) in [5, 5.41) is 9.24. The summed E-state index contributed by atoms with van der Waals surface area (Å²) in [5.74, 6) is 0.362. The molecule has 11 heavy (non-hydrogen) atoms. The van der Waals surface area contributed by atoms with Crippen LogP contribution in [-0.4, -0.2) is 17.0 Å². The molecule has 2 unspecified atom stereocenters. The van der Waals surface area contributed by atoms with Crippen LogP contribution in [0, 0.1) is 5.92 Å². The zero-order valence-electron chi connectivity index (χ0n) is 6.42. The van der Waals surface area contributed by atoms with Crippen molar-refractivity contribution in [1.29, 1.82) is 0 Å². The van der Waals surface area contributed by atoms with Crippen LogP contribution in [0.25, 0.3) is 0 Å². The molecule has 0 amide bonds. The van der Waals surface area contributed by atoms with Crippen molar-refractivity contribution in [2.75, 3.05) is 0 Å². The predicted octanol–water partition coefficient (Wildman–Crippen LogP) is 1.05. The number of Topliss-reactive ketones (excluding diaryl/α,β-unsaturated/α-hetero) is 1. The normalized spacial score (nSPS) is 36.8. The number of allylic oxidation sites excluding steroid dienone is 1. The Morgan fingerprint density at radius 1 is 1.55 bits per heavy atom. The molecule has 1 fully saturated rings. The highest BCUT2D eigenvalue weighted by atomic mass is 16.3. The Morgan fingerprint density at radius 3 is 3.09 bits per heavy atom. The second-order valence-corrected chi connectivity index (χ2v) is 3.40. The molecule has 2 atom stereocenters. The van der Waals surface area contributed by atoms with Crippen molar-refractivity contribution >= 4 is 5.78 Å². The number of fused-ring (bicyclic) bond motifs is 1. The molecule has 0 aromatic rings. The molecule has 1 saturated carbocycles. The van der Waals surface area contributed by atoms with E-state index in [1.165, 1.54) is 6.42 Å². The summed E-state index contributed by atoms with van der Waals surface area (Å²) in [6.07, 6.45) is 5.27. The fraction of sp³-hybridized carbons (Fsp3) is 0.667. The van der Waals surface area contributed by atoms with Crippen molar-refractivity contribution in [3.8, 4) is 0 Å². The first-order valence-corrected chi connectivity index (χ1v) is 4.21. The summed E-state index contributed by atoms with van der Waals surface area (Å²) < 4.78 is 0. The van der Waals surface area contributed by atoms with Crippen LogP contribution in [0.15, 0.2) is 11.6 Å². The highest BCUT2D eigenvalue weighted by Crippen LogP contribution is 2.35. The maximum Gasteiger partial charge on any atom is 0.187 e. The lowest BCUT2D eigenvalue weighted by molar-refractivity contribution is -0.121. The van der Waals surface area contributed by atoms with Crippen molar-refractivity contribution in [3.63, 3.8) is 0 Å². The molecule has 0 aliphatic heterocycles. The van der Waals surface area contributed by atoms with Gasteiger partial charge >= 0.3 is 0 Å². The Kier molecular flexibility index (Phi) is 1.57. The lowest BCUT2D eigenvalue weighted by Crippen LogP contribution is -2.12. The highest BCUT2D eigenvalue weighted by Gasteiger charge is 2.36. The minimum Gasteiger partial charge on any atom is -0.385 e. The smallest absolute Gasteiger partial charge is 0.187 e. The first-order valence-electron chi connectivity index (χ1n) is 4.21. The van der Waals surface area contributed by atoms with Crippen molar-refractivity contribution in [2.24, 2.45) is 5.92 Å². The number of aliphatic hydroxyl groups excluding tert-OH is 1. The second kappa shape index (κ2) is 2.45. The van der Waals surface area contributed by atoms with Crippen LogP contribution in [0.4, 0.5) is 0 Å². The van der Waals surface area contributed by atoms with E-state index in [1.54, 1.807) is 0 Å². The Balaban J connectivity index is 2.27. The van der Waals surface area contributed by atoms with Gasteiger partial charge in [-0.3, -0.25) is 4.79 Å². The number of carbonyl (C=O) groups is 1. The predicted molar refractivity (Wildman–Crippen MR) is 41.1 cm³/mol. The fourth-order valence-electron chi connectivity index (χ4n) is 2.06. The summed E-state index contributed by atoms with van der Waals surface area (Å²) in [6.45, 7) is 0. The molecule has 0 saturated heterocycles. The lowest BCUT2D eigenvalue weighted by atomic mass is 9.90. The molecular formula is C9H12O2. The van der Waals surface area contributed by atoms with Gasteiger partial charge in [-0.05, 0) is 37.2 Å². The van der Waals surface area contributed by atoms with Gasteiger partial charge < -0.3 is 5.11 Å². The first-order chi connectivity index (χ1) is 5.29. The maximum atomic E-state index is 11.2. The molecule has 2 aliphatic rings. The van der Waals surface area contributed by atoms with Gasteiger partial charge in [0.1, 0.15) is 6.10 Å². The van der Waals surface area contributed by atoms with Crippen LogP contribution in [0.5, 0.6) is 0 Å². The van der Waals surface area contributed by atoms with Crippen molar-refractivity contribution in [1.82, 2.24) is 0 Å². The average Bonchev–Trinajstić information content (AvgIpc) is 2.30. The molecule has 2 rings (SSSR count). The molecule has 1 N–H and O–H groups in total. The van der Waals surface area contributed by atoms with Crippen LogP contribution < -0.4 is 0 Å². The number of aliphatic hydroxyl groups is 1. The topological polar surface area (TPSA) is 37.3 Å².